The van der Waals surface area contributed by atoms with Gasteiger partial charge in [-0.1, -0.05) is 66.4 Å². The lowest BCUT2D eigenvalue weighted by molar-refractivity contribution is 0.0693. The Balaban J connectivity index is 1.34. The summed E-state index contributed by atoms with van der Waals surface area (Å²) in [7, 11) is -0.190. The Bertz CT molecular complexity index is 1480. The van der Waals surface area contributed by atoms with E-state index in [0.29, 0.717) is 5.56 Å². The topological polar surface area (TPSA) is 54.4 Å². The van der Waals surface area contributed by atoms with Crippen LogP contribution in [0.3, 0.4) is 0 Å². The van der Waals surface area contributed by atoms with Crippen LogP contribution in [0.5, 0.6) is 0 Å². The molecule has 3 nitrogen and oxygen atoms in total. The molecule has 37 heavy (non-hydrogen) atoms. The van der Waals surface area contributed by atoms with Crippen molar-refractivity contribution in [1.29, 1.82) is 0 Å². The molecular weight excluding hydrogens is 496 g/mol. The molecule has 5 aromatic carbocycles. The zero-order valence-electron chi connectivity index (χ0n) is 19.8. The quantitative estimate of drug-likeness (QED) is 0.167. The van der Waals surface area contributed by atoms with Crippen molar-refractivity contribution in [1.82, 2.24) is 0 Å². The van der Waals surface area contributed by atoms with Crippen molar-refractivity contribution in [2.24, 2.45) is 0 Å². The Labute approximate surface area is 223 Å². The third-order valence-corrected chi connectivity index (χ3v) is 9.02. The van der Waals surface area contributed by atoms with Crippen molar-refractivity contribution in [3.8, 4) is 0 Å². The largest absolute Gasteiger partial charge is 0.478 e. The Hall–Kier alpha value is -4.06. The fraction of sp³-hybridized carbons (Fsp3) is 0. The summed E-state index contributed by atoms with van der Waals surface area (Å²) in [6.07, 6.45) is 0. The van der Waals surface area contributed by atoms with Gasteiger partial charge in [-0.3, -0.25) is 4.79 Å². The first-order valence-corrected chi connectivity index (χ1v) is 13.7. The van der Waals surface area contributed by atoms with Crippen molar-refractivity contribution < 1.29 is 14.7 Å². The van der Waals surface area contributed by atoms with Gasteiger partial charge in [0.05, 0.1) is 16.5 Å². The molecule has 0 radical (unpaired) electrons. The van der Waals surface area contributed by atoms with Crippen LogP contribution >= 0.6 is 11.8 Å². The number of rotatable bonds is 8. The van der Waals surface area contributed by atoms with Crippen LogP contribution < -0.4 is 0 Å². The van der Waals surface area contributed by atoms with Crippen molar-refractivity contribution in [3.05, 3.63) is 150 Å². The van der Waals surface area contributed by atoms with Crippen LogP contribution in [0.25, 0.3) is 0 Å². The smallest absolute Gasteiger partial charge is 0.336 e. The molecule has 0 aliphatic rings. The van der Waals surface area contributed by atoms with Gasteiger partial charge in [-0.2, -0.15) is 0 Å². The summed E-state index contributed by atoms with van der Waals surface area (Å²) in [6.45, 7) is 0. The molecule has 0 spiro atoms. The first-order valence-electron chi connectivity index (χ1n) is 11.7. The van der Waals surface area contributed by atoms with E-state index < -0.39 is 5.97 Å². The highest BCUT2D eigenvalue weighted by atomic mass is 32.2. The maximum absolute atomic E-state index is 12.9. The Morgan fingerprint density at radius 3 is 1.46 bits per heavy atom. The maximum atomic E-state index is 12.9. The van der Waals surface area contributed by atoms with E-state index in [1.54, 1.807) is 42.1 Å². The molecule has 0 heterocycles. The van der Waals surface area contributed by atoms with Crippen LogP contribution in [-0.2, 0) is 10.9 Å². The second-order valence-corrected chi connectivity index (χ2v) is 11.4. The summed E-state index contributed by atoms with van der Waals surface area (Å²) in [5, 5.41) is 9.40. The molecule has 0 saturated heterocycles. The van der Waals surface area contributed by atoms with Gasteiger partial charge in [-0.25, -0.2) is 4.79 Å². The summed E-state index contributed by atoms with van der Waals surface area (Å²) in [6, 6.07) is 43.3. The van der Waals surface area contributed by atoms with Crippen molar-refractivity contribution in [2.45, 2.75) is 24.5 Å². The van der Waals surface area contributed by atoms with E-state index in [-0.39, 0.29) is 27.8 Å². The minimum atomic E-state index is -1.11. The number of hydrogen-bond acceptors (Lipinski definition) is 3. The highest BCUT2D eigenvalue weighted by Crippen LogP contribution is 2.34. The Kier molecular flexibility index (Phi) is 7.54. The fourth-order valence-corrected chi connectivity index (χ4v) is 6.90. The van der Waals surface area contributed by atoms with E-state index in [1.165, 1.54) is 20.8 Å². The van der Waals surface area contributed by atoms with Gasteiger partial charge in [0.25, 0.3) is 0 Å². The van der Waals surface area contributed by atoms with Gasteiger partial charge in [0.1, 0.15) is 0 Å². The molecular formula is C32H23O3S2+. The molecule has 0 fully saturated rings. The second kappa shape index (κ2) is 11.3. The summed E-state index contributed by atoms with van der Waals surface area (Å²) < 4.78 is 0. The van der Waals surface area contributed by atoms with Gasteiger partial charge in [-0.05, 0) is 78.9 Å². The molecule has 1 N–H and O–H groups in total. The normalized spacial score (nSPS) is 10.8. The van der Waals surface area contributed by atoms with E-state index in [2.05, 4.69) is 72.8 Å². The molecule has 0 aliphatic heterocycles. The molecule has 0 amide bonds. The standard InChI is InChI=1S/C32H22O3S2/c33-31(29-13-7-8-14-30(29)32(34)35)23-15-17-24(18-16-23)36-25-19-21-28(22-20-25)37(26-9-3-1-4-10-26)27-11-5-2-6-12-27/h1-22H/p+1. The molecule has 5 aromatic rings. The lowest BCUT2D eigenvalue weighted by Gasteiger charge is -2.09. The SMILES string of the molecule is O=C(O)c1ccccc1C(=O)c1ccc(Sc2ccc([S+](c3ccccc3)c3ccccc3)cc2)cc1. The Morgan fingerprint density at radius 1 is 0.514 bits per heavy atom. The van der Waals surface area contributed by atoms with Gasteiger partial charge < -0.3 is 5.11 Å². The summed E-state index contributed by atoms with van der Waals surface area (Å²) in [5.41, 5.74) is 0.664. The van der Waals surface area contributed by atoms with Crippen LogP contribution in [0.15, 0.2) is 158 Å². The van der Waals surface area contributed by atoms with Gasteiger partial charge in [0.2, 0.25) is 0 Å². The predicted molar refractivity (Wildman–Crippen MR) is 149 cm³/mol. The molecule has 0 atom stereocenters. The van der Waals surface area contributed by atoms with Gasteiger partial charge >= 0.3 is 5.97 Å². The molecule has 0 unspecified atom stereocenters. The summed E-state index contributed by atoms with van der Waals surface area (Å²) >= 11 is 1.62. The second-order valence-electron chi connectivity index (χ2n) is 8.21. The highest BCUT2D eigenvalue weighted by Gasteiger charge is 2.28. The third-order valence-electron chi connectivity index (χ3n) is 5.77. The number of carboxylic acids is 1. The number of ketones is 1. The number of benzene rings is 5. The van der Waals surface area contributed by atoms with Gasteiger partial charge in [0.15, 0.2) is 20.5 Å². The predicted octanol–water partition coefficient (Wildman–Crippen LogP) is 7.86. The van der Waals surface area contributed by atoms with E-state index in [4.69, 9.17) is 0 Å². The van der Waals surface area contributed by atoms with Crippen LogP contribution in [0.2, 0.25) is 0 Å². The van der Waals surface area contributed by atoms with Crippen LogP contribution in [0.4, 0.5) is 0 Å². The molecule has 180 valence electrons. The van der Waals surface area contributed by atoms with Crippen molar-refractivity contribution >= 4 is 34.4 Å². The minimum absolute atomic E-state index is 0.0102. The zero-order chi connectivity index (χ0) is 25.6. The third kappa shape index (κ3) is 5.69. The molecule has 0 bridgehead atoms. The highest BCUT2D eigenvalue weighted by molar-refractivity contribution is 7.99. The van der Waals surface area contributed by atoms with E-state index in [0.717, 1.165) is 9.79 Å². The number of carbonyl (C=O) groups excluding carboxylic acids is 1. The number of hydrogen-bond donors (Lipinski definition) is 1. The molecule has 0 aliphatic carbocycles. The van der Waals surface area contributed by atoms with Gasteiger partial charge in [0, 0.05) is 20.9 Å². The number of carbonyl (C=O) groups is 2. The molecule has 5 rings (SSSR count). The first-order chi connectivity index (χ1) is 18.1. The minimum Gasteiger partial charge on any atom is -0.478 e. The van der Waals surface area contributed by atoms with Crippen LogP contribution in [0, 0.1) is 0 Å². The number of aromatic carboxylic acids is 1. The van der Waals surface area contributed by atoms with Gasteiger partial charge in [-0.15, -0.1) is 0 Å². The van der Waals surface area contributed by atoms with E-state index in [9.17, 15) is 14.7 Å². The Morgan fingerprint density at radius 2 is 0.946 bits per heavy atom. The average molecular weight is 520 g/mol. The van der Waals surface area contributed by atoms with Crippen molar-refractivity contribution in [2.75, 3.05) is 0 Å². The number of carboxylic acid groups (broad SMARTS) is 1. The monoisotopic (exact) mass is 519 g/mol. The lowest BCUT2D eigenvalue weighted by Crippen LogP contribution is -2.09. The molecule has 5 heteroatoms. The van der Waals surface area contributed by atoms with Crippen molar-refractivity contribution in [3.63, 3.8) is 0 Å². The molecule has 0 aromatic heterocycles. The summed E-state index contributed by atoms with van der Waals surface area (Å²) in [4.78, 5) is 30.3. The fourth-order valence-electron chi connectivity index (χ4n) is 4.00. The lowest BCUT2D eigenvalue weighted by atomic mass is 9.98. The first kappa shape index (κ1) is 24.6. The van der Waals surface area contributed by atoms with E-state index in [1.807, 2.05) is 24.3 Å². The zero-order valence-corrected chi connectivity index (χ0v) is 21.4. The van der Waals surface area contributed by atoms with Crippen LogP contribution in [0.1, 0.15) is 26.3 Å². The maximum Gasteiger partial charge on any atom is 0.336 e. The van der Waals surface area contributed by atoms with E-state index >= 15 is 0 Å². The van der Waals surface area contributed by atoms with Crippen LogP contribution in [-0.4, -0.2) is 16.9 Å². The molecule has 0 saturated carbocycles. The summed E-state index contributed by atoms with van der Waals surface area (Å²) in [5.74, 6) is -1.41. The average Bonchev–Trinajstić information content (AvgIpc) is 2.95.